The van der Waals surface area contributed by atoms with Gasteiger partial charge in [0.2, 0.25) is 5.91 Å². The Morgan fingerprint density at radius 3 is 2.67 bits per heavy atom. The van der Waals surface area contributed by atoms with Gasteiger partial charge in [-0.05, 0) is 56.4 Å². The first-order valence-corrected chi connectivity index (χ1v) is 7.62. The second-order valence-corrected chi connectivity index (χ2v) is 6.54. The molecule has 2 aliphatic rings. The van der Waals surface area contributed by atoms with Gasteiger partial charge in [0.1, 0.15) is 0 Å². The first-order chi connectivity index (χ1) is 8.61. The van der Waals surface area contributed by atoms with Gasteiger partial charge < -0.3 is 11.1 Å². The number of amides is 1. The van der Waals surface area contributed by atoms with E-state index in [0.717, 1.165) is 31.6 Å². The second kappa shape index (κ2) is 6.05. The Bertz CT molecular complexity index is 292. The minimum Gasteiger partial charge on any atom is -0.353 e. The van der Waals surface area contributed by atoms with E-state index < -0.39 is 0 Å². The van der Waals surface area contributed by atoms with Crippen molar-refractivity contribution < 1.29 is 4.79 Å². The van der Waals surface area contributed by atoms with Crippen molar-refractivity contribution in [2.45, 2.75) is 58.4 Å². The minimum atomic E-state index is 0.182. The van der Waals surface area contributed by atoms with Crippen molar-refractivity contribution in [3.05, 3.63) is 0 Å². The molecule has 1 amide bonds. The maximum Gasteiger partial charge on any atom is 0.223 e. The molecule has 2 rings (SSSR count). The van der Waals surface area contributed by atoms with E-state index in [1.807, 2.05) is 0 Å². The number of carbonyl (C=O) groups excluding carboxylic acids is 1. The molecule has 104 valence electrons. The lowest BCUT2D eigenvalue weighted by atomic mass is 9.79. The lowest BCUT2D eigenvalue weighted by molar-refractivity contribution is -0.127. The number of hydrogen-bond donors (Lipinski definition) is 2. The molecule has 0 heterocycles. The summed E-state index contributed by atoms with van der Waals surface area (Å²) in [5.41, 5.74) is 5.76. The van der Waals surface area contributed by atoms with Crippen molar-refractivity contribution in [2.24, 2.45) is 29.4 Å². The summed E-state index contributed by atoms with van der Waals surface area (Å²) in [6, 6.07) is 0.396. The largest absolute Gasteiger partial charge is 0.353 e. The highest BCUT2D eigenvalue weighted by molar-refractivity contribution is 5.79. The monoisotopic (exact) mass is 252 g/mol. The SMILES string of the molecule is CC1CCC(NC(=O)[C@@H]2CCC[C@@H]2CN)C(C)C1. The lowest BCUT2D eigenvalue weighted by Gasteiger charge is -2.34. The Morgan fingerprint density at radius 2 is 2.00 bits per heavy atom. The third-order valence-electron chi connectivity index (χ3n) is 5.06. The third-order valence-corrected chi connectivity index (χ3v) is 5.06. The van der Waals surface area contributed by atoms with E-state index in [-0.39, 0.29) is 11.8 Å². The summed E-state index contributed by atoms with van der Waals surface area (Å²) in [7, 11) is 0. The van der Waals surface area contributed by atoms with E-state index in [2.05, 4.69) is 19.2 Å². The molecule has 0 spiro atoms. The number of nitrogens with two attached hydrogens (primary N) is 1. The van der Waals surface area contributed by atoms with Crippen molar-refractivity contribution in [3.63, 3.8) is 0 Å². The molecular formula is C15H28N2O. The predicted octanol–water partition coefficient (Wildman–Crippen LogP) is 2.30. The van der Waals surface area contributed by atoms with Gasteiger partial charge in [-0.15, -0.1) is 0 Å². The molecule has 0 bridgehead atoms. The van der Waals surface area contributed by atoms with Crippen molar-refractivity contribution in [1.29, 1.82) is 0 Å². The van der Waals surface area contributed by atoms with Crippen LogP contribution < -0.4 is 11.1 Å². The zero-order valence-corrected chi connectivity index (χ0v) is 11.8. The van der Waals surface area contributed by atoms with Crippen molar-refractivity contribution in [3.8, 4) is 0 Å². The van der Waals surface area contributed by atoms with E-state index in [1.165, 1.54) is 12.8 Å². The molecule has 2 aliphatic carbocycles. The van der Waals surface area contributed by atoms with E-state index >= 15 is 0 Å². The molecule has 0 saturated heterocycles. The Kier molecular flexibility index (Phi) is 4.66. The fraction of sp³-hybridized carbons (Fsp3) is 0.933. The van der Waals surface area contributed by atoms with Gasteiger partial charge in [-0.25, -0.2) is 0 Å². The number of hydrogen-bond acceptors (Lipinski definition) is 2. The van der Waals surface area contributed by atoms with Crippen LogP contribution in [0.4, 0.5) is 0 Å². The molecule has 0 aromatic carbocycles. The van der Waals surface area contributed by atoms with Crippen LogP contribution in [0.2, 0.25) is 0 Å². The van der Waals surface area contributed by atoms with Crippen LogP contribution in [0.1, 0.15) is 52.4 Å². The lowest BCUT2D eigenvalue weighted by Crippen LogP contribution is -2.46. The quantitative estimate of drug-likeness (QED) is 0.810. The number of nitrogens with one attached hydrogen (secondary N) is 1. The van der Waals surface area contributed by atoms with Crippen LogP contribution in [0.3, 0.4) is 0 Å². The molecule has 3 N–H and O–H groups in total. The van der Waals surface area contributed by atoms with Gasteiger partial charge in [0.15, 0.2) is 0 Å². The summed E-state index contributed by atoms with van der Waals surface area (Å²) in [5, 5.41) is 3.30. The van der Waals surface area contributed by atoms with Crippen LogP contribution in [-0.2, 0) is 4.79 Å². The summed E-state index contributed by atoms with van der Waals surface area (Å²) in [6.07, 6.45) is 6.97. The van der Waals surface area contributed by atoms with E-state index in [0.29, 0.717) is 24.4 Å². The van der Waals surface area contributed by atoms with Gasteiger partial charge in [-0.2, -0.15) is 0 Å². The van der Waals surface area contributed by atoms with Crippen LogP contribution in [0.5, 0.6) is 0 Å². The average Bonchev–Trinajstić information content (AvgIpc) is 2.81. The third kappa shape index (κ3) is 3.05. The second-order valence-electron chi connectivity index (χ2n) is 6.54. The summed E-state index contributed by atoms with van der Waals surface area (Å²) in [6.45, 7) is 5.25. The minimum absolute atomic E-state index is 0.182. The fourth-order valence-electron chi connectivity index (χ4n) is 3.83. The van der Waals surface area contributed by atoms with Gasteiger partial charge in [-0.3, -0.25) is 4.79 Å². The van der Waals surface area contributed by atoms with Gasteiger partial charge in [0.25, 0.3) is 0 Å². The molecule has 0 aromatic heterocycles. The van der Waals surface area contributed by atoms with Crippen LogP contribution in [-0.4, -0.2) is 18.5 Å². The van der Waals surface area contributed by atoms with Crippen molar-refractivity contribution >= 4 is 5.91 Å². The predicted molar refractivity (Wildman–Crippen MR) is 74.0 cm³/mol. The van der Waals surface area contributed by atoms with Crippen LogP contribution in [0.15, 0.2) is 0 Å². The zero-order valence-electron chi connectivity index (χ0n) is 11.8. The topological polar surface area (TPSA) is 55.1 Å². The van der Waals surface area contributed by atoms with Crippen LogP contribution >= 0.6 is 0 Å². The number of carbonyl (C=O) groups is 1. The molecule has 3 nitrogen and oxygen atoms in total. The highest BCUT2D eigenvalue weighted by Crippen LogP contribution is 2.33. The van der Waals surface area contributed by atoms with Crippen LogP contribution in [0, 0.1) is 23.7 Å². The van der Waals surface area contributed by atoms with E-state index in [1.54, 1.807) is 0 Å². The molecule has 0 aromatic rings. The van der Waals surface area contributed by atoms with E-state index in [9.17, 15) is 4.79 Å². The summed E-state index contributed by atoms with van der Waals surface area (Å²) < 4.78 is 0. The normalized spacial score (nSPS) is 40.7. The highest BCUT2D eigenvalue weighted by Gasteiger charge is 2.34. The fourth-order valence-corrected chi connectivity index (χ4v) is 3.83. The first-order valence-electron chi connectivity index (χ1n) is 7.62. The van der Waals surface area contributed by atoms with E-state index in [4.69, 9.17) is 5.73 Å². The maximum atomic E-state index is 12.3. The number of rotatable bonds is 3. The Balaban J connectivity index is 1.87. The van der Waals surface area contributed by atoms with Crippen molar-refractivity contribution in [1.82, 2.24) is 5.32 Å². The molecule has 18 heavy (non-hydrogen) atoms. The molecule has 5 atom stereocenters. The smallest absolute Gasteiger partial charge is 0.223 e. The molecule has 2 saturated carbocycles. The standard InChI is InChI=1S/C15H28N2O/c1-10-6-7-14(11(2)8-10)17-15(18)13-5-3-4-12(13)9-16/h10-14H,3-9,16H2,1-2H3,(H,17,18)/t10?,11?,12-,13-,14?/m1/s1. The zero-order chi connectivity index (χ0) is 13.1. The molecule has 2 fully saturated rings. The van der Waals surface area contributed by atoms with Gasteiger partial charge in [-0.1, -0.05) is 20.3 Å². The van der Waals surface area contributed by atoms with Gasteiger partial charge >= 0.3 is 0 Å². The maximum absolute atomic E-state index is 12.3. The summed E-state index contributed by atoms with van der Waals surface area (Å²) in [4.78, 5) is 12.3. The van der Waals surface area contributed by atoms with Crippen molar-refractivity contribution in [2.75, 3.05) is 6.54 Å². The highest BCUT2D eigenvalue weighted by atomic mass is 16.2. The molecule has 0 aliphatic heterocycles. The summed E-state index contributed by atoms with van der Waals surface area (Å²) in [5.74, 6) is 2.31. The first kappa shape index (κ1) is 13.9. The Hall–Kier alpha value is -0.570. The molecule has 3 unspecified atom stereocenters. The molecule has 0 radical (unpaired) electrons. The Labute approximate surface area is 111 Å². The summed E-state index contributed by atoms with van der Waals surface area (Å²) >= 11 is 0. The van der Waals surface area contributed by atoms with Gasteiger partial charge in [0, 0.05) is 12.0 Å². The van der Waals surface area contributed by atoms with Gasteiger partial charge in [0.05, 0.1) is 0 Å². The average molecular weight is 252 g/mol. The van der Waals surface area contributed by atoms with Crippen LogP contribution in [0.25, 0.3) is 0 Å². The molecule has 3 heteroatoms. The Morgan fingerprint density at radius 1 is 1.22 bits per heavy atom. The molecular weight excluding hydrogens is 224 g/mol.